The van der Waals surface area contributed by atoms with Crippen molar-refractivity contribution in [1.82, 2.24) is 5.32 Å². The predicted molar refractivity (Wildman–Crippen MR) is 154 cm³/mol. The van der Waals surface area contributed by atoms with Crippen molar-refractivity contribution in [1.29, 1.82) is 0 Å². The van der Waals surface area contributed by atoms with E-state index in [0.717, 1.165) is 26.6 Å². The maximum Gasteiger partial charge on any atom is 0.264 e. The van der Waals surface area contributed by atoms with E-state index in [2.05, 4.69) is 21.2 Å². The van der Waals surface area contributed by atoms with Crippen LogP contribution < -0.4 is 14.4 Å². The third-order valence-corrected chi connectivity index (χ3v) is 8.56. The molecule has 6 nitrogen and oxygen atoms in total. The molecule has 8 heteroatoms. The van der Waals surface area contributed by atoms with Crippen molar-refractivity contribution in [2.24, 2.45) is 0 Å². The van der Waals surface area contributed by atoms with E-state index in [-0.39, 0.29) is 4.90 Å². The van der Waals surface area contributed by atoms with Gasteiger partial charge in [-0.1, -0.05) is 77.9 Å². The van der Waals surface area contributed by atoms with E-state index in [1.165, 1.54) is 19.2 Å². The fourth-order valence-electron chi connectivity index (χ4n) is 4.06. The molecule has 0 saturated heterocycles. The molecule has 1 N–H and O–H groups in total. The molecular weight excluding hydrogens is 564 g/mol. The molecule has 0 aliphatic carbocycles. The van der Waals surface area contributed by atoms with Crippen molar-refractivity contribution in [2.75, 3.05) is 18.0 Å². The molecule has 4 aromatic carbocycles. The molecule has 1 amide bonds. The molecule has 0 aliphatic heterocycles. The molecule has 0 aliphatic rings. The van der Waals surface area contributed by atoms with Crippen LogP contribution in [0.1, 0.15) is 28.3 Å². The number of sulfonamides is 1. The third-order valence-electron chi connectivity index (χ3n) is 6.17. The number of aryl methyl sites for hydroxylation is 2. The van der Waals surface area contributed by atoms with E-state index in [9.17, 15) is 13.2 Å². The second-order valence-electron chi connectivity index (χ2n) is 8.97. The molecule has 0 saturated carbocycles. The molecule has 0 radical (unpaired) electrons. The summed E-state index contributed by atoms with van der Waals surface area (Å²) in [5, 5.41) is 3.06. The van der Waals surface area contributed by atoms with Crippen molar-refractivity contribution >= 4 is 37.5 Å². The molecular formula is C30H29BrN2O4S. The fourth-order valence-corrected chi connectivity index (χ4v) is 6.20. The zero-order chi connectivity index (χ0) is 27.3. The van der Waals surface area contributed by atoms with E-state index >= 15 is 0 Å². The van der Waals surface area contributed by atoms with Gasteiger partial charge >= 0.3 is 0 Å². The number of nitrogens with zero attached hydrogens (tertiary/aromatic N) is 1. The van der Waals surface area contributed by atoms with Gasteiger partial charge < -0.3 is 10.1 Å². The second-order valence-corrected chi connectivity index (χ2v) is 11.7. The second kappa shape index (κ2) is 11.8. The minimum Gasteiger partial charge on any atom is -0.496 e. The van der Waals surface area contributed by atoms with Crippen LogP contribution in [0.3, 0.4) is 0 Å². The maximum atomic E-state index is 13.9. The van der Waals surface area contributed by atoms with E-state index in [4.69, 9.17) is 4.74 Å². The summed E-state index contributed by atoms with van der Waals surface area (Å²) in [5.74, 6) is 0.0727. The highest BCUT2D eigenvalue weighted by Crippen LogP contribution is 2.31. The van der Waals surface area contributed by atoms with Gasteiger partial charge in [0.1, 0.15) is 12.3 Å². The Morgan fingerprint density at radius 3 is 2.03 bits per heavy atom. The number of carbonyl (C=O) groups excluding carboxylic acids is 1. The quantitative estimate of drug-likeness (QED) is 0.252. The standard InChI is InChI=1S/C30H29BrN2O4S/c1-21-9-13-24(14-10-21)30(23-7-5-4-6-8-23)32-29(34)20-33(25-15-11-22(2)12-16-25)38(35,36)26-17-18-28(37-3)27(31)19-26/h4-19,30H,20H2,1-3H3,(H,32,34)/t30-/m1/s1. The van der Waals surface area contributed by atoms with Crippen molar-refractivity contribution in [3.8, 4) is 5.75 Å². The van der Waals surface area contributed by atoms with Crippen LogP contribution in [0.4, 0.5) is 5.69 Å². The number of hydrogen-bond acceptors (Lipinski definition) is 4. The van der Waals surface area contributed by atoms with Gasteiger partial charge in [-0.3, -0.25) is 9.10 Å². The normalized spacial score (nSPS) is 12.0. The molecule has 0 fully saturated rings. The Kier molecular flexibility index (Phi) is 8.54. The molecule has 0 unspecified atom stereocenters. The Balaban J connectivity index is 1.69. The van der Waals surface area contributed by atoms with Gasteiger partial charge in [0.15, 0.2) is 0 Å². The number of halogens is 1. The van der Waals surface area contributed by atoms with Gasteiger partial charge in [-0.2, -0.15) is 0 Å². The van der Waals surface area contributed by atoms with Gasteiger partial charge in [0.25, 0.3) is 10.0 Å². The number of anilines is 1. The number of benzene rings is 4. The summed E-state index contributed by atoms with van der Waals surface area (Å²) in [6.07, 6.45) is 0. The van der Waals surface area contributed by atoms with Crippen LogP contribution in [0.2, 0.25) is 0 Å². The minimum absolute atomic E-state index is 0.0386. The van der Waals surface area contributed by atoms with Gasteiger partial charge in [-0.25, -0.2) is 8.42 Å². The summed E-state index contributed by atoms with van der Waals surface area (Å²) >= 11 is 3.37. The summed E-state index contributed by atoms with van der Waals surface area (Å²) < 4.78 is 34.6. The van der Waals surface area contributed by atoms with Crippen molar-refractivity contribution in [3.05, 3.63) is 124 Å². The number of rotatable bonds is 9. The first-order valence-corrected chi connectivity index (χ1v) is 14.3. The zero-order valence-electron chi connectivity index (χ0n) is 21.4. The number of amides is 1. The van der Waals surface area contributed by atoms with E-state index in [1.54, 1.807) is 18.2 Å². The molecule has 4 aromatic rings. The first-order chi connectivity index (χ1) is 18.2. The zero-order valence-corrected chi connectivity index (χ0v) is 23.8. The molecule has 1 atom stereocenters. The molecule has 0 heterocycles. The summed E-state index contributed by atoms with van der Waals surface area (Å²) in [4.78, 5) is 13.6. The molecule has 4 rings (SSSR count). The third kappa shape index (κ3) is 6.26. The lowest BCUT2D eigenvalue weighted by atomic mass is 9.98. The van der Waals surface area contributed by atoms with Gasteiger partial charge in [0, 0.05) is 0 Å². The number of ether oxygens (including phenoxy) is 1. The summed E-state index contributed by atoms with van der Waals surface area (Å²) in [7, 11) is -2.58. The molecule has 0 spiro atoms. The highest BCUT2D eigenvalue weighted by Gasteiger charge is 2.29. The summed E-state index contributed by atoms with van der Waals surface area (Å²) in [5.41, 5.74) is 4.28. The number of hydrogen-bond donors (Lipinski definition) is 1. The van der Waals surface area contributed by atoms with Crippen LogP contribution in [0.5, 0.6) is 5.75 Å². The van der Waals surface area contributed by atoms with Crippen molar-refractivity contribution in [2.45, 2.75) is 24.8 Å². The molecule has 0 aromatic heterocycles. The Hall–Kier alpha value is -3.62. The van der Waals surface area contributed by atoms with Crippen LogP contribution in [-0.2, 0) is 14.8 Å². The highest BCUT2D eigenvalue weighted by atomic mass is 79.9. The summed E-state index contributed by atoms with van der Waals surface area (Å²) in [6.45, 7) is 3.52. The lowest BCUT2D eigenvalue weighted by molar-refractivity contribution is -0.120. The van der Waals surface area contributed by atoms with Crippen molar-refractivity contribution < 1.29 is 17.9 Å². The number of methoxy groups -OCH3 is 1. The largest absolute Gasteiger partial charge is 0.496 e. The van der Waals surface area contributed by atoms with E-state index < -0.39 is 28.5 Å². The molecule has 38 heavy (non-hydrogen) atoms. The number of nitrogens with one attached hydrogen (secondary N) is 1. The van der Waals surface area contributed by atoms with Gasteiger partial charge in [-0.15, -0.1) is 0 Å². The monoisotopic (exact) mass is 592 g/mol. The highest BCUT2D eigenvalue weighted by molar-refractivity contribution is 9.10. The van der Waals surface area contributed by atoms with Gasteiger partial charge in [0.05, 0.1) is 28.2 Å². The first-order valence-electron chi connectivity index (χ1n) is 12.0. The Bertz CT molecular complexity index is 1510. The fraction of sp³-hybridized carbons (Fsp3) is 0.167. The topological polar surface area (TPSA) is 75.7 Å². The maximum absolute atomic E-state index is 13.9. The smallest absolute Gasteiger partial charge is 0.264 e. The van der Waals surface area contributed by atoms with Gasteiger partial charge in [-0.05, 0) is 71.2 Å². The Morgan fingerprint density at radius 1 is 0.868 bits per heavy atom. The molecule has 0 bridgehead atoms. The summed E-state index contributed by atoms with van der Waals surface area (Å²) in [6, 6.07) is 28.6. The van der Waals surface area contributed by atoms with Crippen LogP contribution in [-0.4, -0.2) is 28.0 Å². The lowest BCUT2D eigenvalue weighted by Crippen LogP contribution is -2.42. The minimum atomic E-state index is -4.09. The average molecular weight is 594 g/mol. The SMILES string of the molecule is COc1ccc(S(=O)(=O)N(CC(=O)N[C@H](c2ccccc2)c2ccc(C)cc2)c2ccc(C)cc2)cc1Br. The van der Waals surface area contributed by atoms with E-state index in [1.807, 2.05) is 80.6 Å². The van der Waals surface area contributed by atoms with E-state index in [0.29, 0.717) is 15.9 Å². The lowest BCUT2D eigenvalue weighted by Gasteiger charge is -2.26. The number of carbonyl (C=O) groups is 1. The first kappa shape index (κ1) is 27.4. The van der Waals surface area contributed by atoms with Crippen LogP contribution >= 0.6 is 15.9 Å². The predicted octanol–water partition coefficient (Wildman–Crippen LogP) is 6.18. The van der Waals surface area contributed by atoms with Crippen LogP contribution in [0.15, 0.2) is 106 Å². The van der Waals surface area contributed by atoms with Gasteiger partial charge in [0.2, 0.25) is 5.91 Å². The van der Waals surface area contributed by atoms with Crippen LogP contribution in [0.25, 0.3) is 0 Å². The Labute approximate surface area is 232 Å². The van der Waals surface area contributed by atoms with Crippen molar-refractivity contribution in [3.63, 3.8) is 0 Å². The average Bonchev–Trinajstić information content (AvgIpc) is 2.92. The molecule has 196 valence electrons. The van der Waals surface area contributed by atoms with Crippen LogP contribution in [0, 0.1) is 13.8 Å². The Morgan fingerprint density at radius 2 is 1.45 bits per heavy atom.